The highest BCUT2D eigenvalue weighted by Gasteiger charge is 2.29. The summed E-state index contributed by atoms with van der Waals surface area (Å²) in [6.07, 6.45) is 2.30. The van der Waals surface area contributed by atoms with Gasteiger partial charge in [0, 0.05) is 48.5 Å². The Kier molecular flexibility index (Phi) is 8.63. The van der Waals surface area contributed by atoms with Gasteiger partial charge in [0.2, 0.25) is 5.91 Å². The van der Waals surface area contributed by atoms with E-state index in [1.54, 1.807) is 34.1 Å². The van der Waals surface area contributed by atoms with Gasteiger partial charge in [0.05, 0.1) is 0 Å². The van der Waals surface area contributed by atoms with Crippen molar-refractivity contribution in [3.05, 3.63) is 59.1 Å². The summed E-state index contributed by atoms with van der Waals surface area (Å²) in [6, 6.07) is 15.0. The van der Waals surface area contributed by atoms with Crippen LogP contribution in [0.1, 0.15) is 37.0 Å². The standard InChI is InChI=1S/C25H30ClN3O3.ClH/c1-18(2)27-13-11-23(12-14-27)32-22-9-7-21(8-10-22)29-16-15-28(17-24(29)30)25(31)19-3-5-20(26)6-4-19;/h3-10,18,23H,11-17H2,1-2H3;1H. The number of hydrogen-bond acceptors (Lipinski definition) is 4. The molecule has 33 heavy (non-hydrogen) atoms. The van der Waals surface area contributed by atoms with Gasteiger partial charge in [-0.25, -0.2) is 0 Å². The van der Waals surface area contributed by atoms with Gasteiger partial charge in [0.25, 0.3) is 5.91 Å². The van der Waals surface area contributed by atoms with E-state index in [4.69, 9.17) is 16.3 Å². The quantitative estimate of drug-likeness (QED) is 0.617. The van der Waals surface area contributed by atoms with Gasteiger partial charge < -0.3 is 19.4 Å². The first kappa shape index (κ1) is 25.3. The van der Waals surface area contributed by atoms with Gasteiger partial charge in [-0.1, -0.05) is 11.6 Å². The summed E-state index contributed by atoms with van der Waals surface area (Å²) in [7, 11) is 0. The molecule has 0 aliphatic carbocycles. The molecule has 2 saturated heterocycles. The number of anilines is 1. The average Bonchev–Trinajstić information content (AvgIpc) is 2.80. The van der Waals surface area contributed by atoms with E-state index in [1.165, 1.54) is 0 Å². The number of carbonyl (C=O) groups excluding carboxylic acids is 2. The number of likely N-dealkylation sites (tertiary alicyclic amines) is 1. The van der Waals surface area contributed by atoms with E-state index in [0.29, 0.717) is 29.7 Å². The predicted molar refractivity (Wildman–Crippen MR) is 134 cm³/mol. The molecule has 0 atom stereocenters. The Morgan fingerprint density at radius 1 is 0.970 bits per heavy atom. The lowest BCUT2D eigenvalue weighted by atomic mass is 10.1. The highest BCUT2D eigenvalue weighted by atomic mass is 35.5. The van der Waals surface area contributed by atoms with Gasteiger partial charge in [-0.3, -0.25) is 9.59 Å². The van der Waals surface area contributed by atoms with Gasteiger partial charge in [-0.15, -0.1) is 12.4 Å². The van der Waals surface area contributed by atoms with Crippen molar-refractivity contribution in [2.24, 2.45) is 0 Å². The molecule has 2 amide bonds. The summed E-state index contributed by atoms with van der Waals surface area (Å²) >= 11 is 5.90. The van der Waals surface area contributed by atoms with Crippen LogP contribution in [0.3, 0.4) is 0 Å². The fourth-order valence-electron chi connectivity index (χ4n) is 4.30. The summed E-state index contributed by atoms with van der Waals surface area (Å²) in [4.78, 5) is 31.2. The summed E-state index contributed by atoms with van der Waals surface area (Å²) < 4.78 is 6.17. The molecule has 0 unspecified atom stereocenters. The van der Waals surface area contributed by atoms with Gasteiger partial charge >= 0.3 is 0 Å². The second-order valence-corrected chi connectivity index (χ2v) is 9.16. The van der Waals surface area contributed by atoms with E-state index in [2.05, 4.69) is 18.7 Å². The largest absolute Gasteiger partial charge is 0.490 e. The number of amides is 2. The van der Waals surface area contributed by atoms with Crippen molar-refractivity contribution >= 4 is 41.5 Å². The number of halogens is 2. The van der Waals surface area contributed by atoms with Gasteiger partial charge in [-0.2, -0.15) is 0 Å². The zero-order chi connectivity index (χ0) is 22.7. The van der Waals surface area contributed by atoms with Gasteiger partial charge in [0.1, 0.15) is 18.4 Å². The van der Waals surface area contributed by atoms with Crippen molar-refractivity contribution < 1.29 is 14.3 Å². The molecule has 0 aromatic heterocycles. The molecule has 0 bridgehead atoms. The molecule has 6 nitrogen and oxygen atoms in total. The maximum Gasteiger partial charge on any atom is 0.254 e. The van der Waals surface area contributed by atoms with Gasteiger partial charge in [-0.05, 0) is 75.2 Å². The van der Waals surface area contributed by atoms with E-state index in [-0.39, 0.29) is 36.9 Å². The minimum atomic E-state index is -0.151. The Morgan fingerprint density at radius 2 is 1.61 bits per heavy atom. The third kappa shape index (κ3) is 6.19. The number of hydrogen-bond donors (Lipinski definition) is 0. The van der Waals surface area contributed by atoms with E-state index in [9.17, 15) is 9.59 Å². The molecule has 2 fully saturated rings. The number of benzene rings is 2. The lowest BCUT2D eigenvalue weighted by Gasteiger charge is -2.35. The maximum absolute atomic E-state index is 12.8. The molecule has 8 heteroatoms. The van der Waals surface area contributed by atoms with Crippen LogP contribution in [0.5, 0.6) is 5.75 Å². The molecule has 0 spiro atoms. The fourth-order valence-corrected chi connectivity index (χ4v) is 4.43. The summed E-state index contributed by atoms with van der Waals surface area (Å²) in [5.41, 5.74) is 1.37. The number of ether oxygens (including phenoxy) is 1. The highest BCUT2D eigenvalue weighted by molar-refractivity contribution is 6.30. The smallest absolute Gasteiger partial charge is 0.254 e. The van der Waals surface area contributed by atoms with Crippen LogP contribution in [0.4, 0.5) is 5.69 Å². The van der Waals surface area contributed by atoms with Gasteiger partial charge in [0.15, 0.2) is 0 Å². The van der Waals surface area contributed by atoms with E-state index < -0.39 is 0 Å². The van der Waals surface area contributed by atoms with E-state index >= 15 is 0 Å². The van der Waals surface area contributed by atoms with Crippen molar-refractivity contribution in [3.63, 3.8) is 0 Å². The molecule has 0 saturated carbocycles. The Morgan fingerprint density at radius 3 is 2.18 bits per heavy atom. The lowest BCUT2D eigenvalue weighted by molar-refractivity contribution is -0.120. The van der Waals surface area contributed by atoms with Crippen LogP contribution >= 0.6 is 24.0 Å². The Labute approximate surface area is 206 Å². The molecule has 2 aromatic rings. The first-order valence-electron chi connectivity index (χ1n) is 11.3. The summed E-state index contributed by atoms with van der Waals surface area (Å²) in [6.45, 7) is 7.60. The average molecular weight is 492 g/mol. The molecular weight excluding hydrogens is 461 g/mol. The van der Waals surface area contributed by atoms with Crippen LogP contribution in [-0.2, 0) is 4.79 Å². The molecular formula is C25H31Cl2N3O3. The lowest BCUT2D eigenvalue weighted by Crippen LogP contribution is -2.52. The van der Waals surface area contributed by atoms with E-state index in [0.717, 1.165) is 37.4 Å². The molecule has 178 valence electrons. The van der Waals surface area contributed by atoms with Crippen molar-refractivity contribution in [1.29, 1.82) is 0 Å². The maximum atomic E-state index is 12.8. The second-order valence-electron chi connectivity index (χ2n) is 8.72. The zero-order valence-corrected chi connectivity index (χ0v) is 20.6. The Hall–Kier alpha value is -2.28. The van der Waals surface area contributed by atoms with Crippen molar-refractivity contribution in [1.82, 2.24) is 9.80 Å². The molecule has 2 heterocycles. The minimum absolute atomic E-state index is 0. The van der Waals surface area contributed by atoms with Crippen LogP contribution in [0, 0.1) is 0 Å². The third-order valence-electron chi connectivity index (χ3n) is 6.26. The fraction of sp³-hybridized carbons (Fsp3) is 0.440. The Bertz CT molecular complexity index is 942. The topological polar surface area (TPSA) is 53.1 Å². The molecule has 2 aromatic carbocycles. The van der Waals surface area contributed by atoms with Crippen LogP contribution in [0.15, 0.2) is 48.5 Å². The Balaban J connectivity index is 0.00000306. The normalized spacial score (nSPS) is 17.8. The van der Waals surface area contributed by atoms with Crippen LogP contribution in [0.25, 0.3) is 0 Å². The summed E-state index contributed by atoms with van der Waals surface area (Å²) in [5, 5.41) is 0.580. The number of rotatable bonds is 5. The molecule has 0 N–H and O–H groups in total. The number of nitrogens with zero attached hydrogens (tertiary/aromatic N) is 3. The monoisotopic (exact) mass is 491 g/mol. The van der Waals surface area contributed by atoms with Crippen molar-refractivity contribution in [2.45, 2.75) is 38.8 Å². The van der Waals surface area contributed by atoms with Crippen LogP contribution in [0.2, 0.25) is 5.02 Å². The first-order valence-corrected chi connectivity index (χ1v) is 11.6. The molecule has 2 aliphatic heterocycles. The zero-order valence-electron chi connectivity index (χ0n) is 19.1. The molecule has 4 rings (SSSR count). The molecule has 2 aliphatic rings. The van der Waals surface area contributed by atoms with Crippen LogP contribution in [-0.4, -0.2) is 66.5 Å². The van der Waals surface area contributed by atoms with E-state index in [1.807, 2.05) is 24.3 Å². The SMILES string of the molecule is CC(C)N1CCC(Oc2ccc(N3CCN(C(=O)c4ccc(Cl)cc4)CC3=O)cc2)CC1.Cl. The van der Waals surface area contributed by atoms with Crippen molar-refractivity contribution in [3.8, 4) is 5.75 Å². The number of piperidine rings is 1. The number of piperazine rings is 1. The minimum Gasteiger partial charge on any atom is -0.490 e. The molecule has 0 radical (unpaired) electrons. The number of carbonyl (C=O) groups is 2. The van der Waals surface area contributed by atoms with Crippen LogP contribution < -0.4 is 9.64 Å². The summed E-state index contributed by atoms with van der Waals surface area (Å²) in [5.74, 6) is 0.593. The third-order valence-corrected chi connectivity index (χ3v) is 6.51. The first-order chi connectivity index (χ1) is 15.4. The van der Waals surface area contributed by atoms with Crippen molar-refractivity contribution in [2.75, 3.05) is 37.6 Å². The second kappa shape index (κ2) is 11.2. The predicted octanol–water partition coefficient (Wildman–Crippen LogP) is 4.50. The highest BCUT2D eigenvalue weighted by Crippen LogP contribution is 2.25.